The van der Waals surface area contributed by atoms with Crippen LogP contribution < -0.4 is 0 Å². The summed E-state index contributed by atoms with van der Waals surface area (Å²) in [7, 11) is 1.37. The third-order valence-electron chi connectivity index (χ3n) is 2.58. The number of allylic oxidation sites excluding steroid dienone is 3. The third kappa shape index (κ3) is 16.3. The highest BCUT2D eigenvalue weighted by Crippen LogP contribution is 2.00. The Hall–Kier alpha value is -1.93. The van der Waals surface area contributed by atoms with Crippen LogP contribution in [0.2, 0.25) is 0 Å². The van der Waals surface area contributed by atoms with Crippen LogP contribution in [0, 0.1) is 35.5 Å². The Balaban J connectivity index is 3.77. The number of unbranched alkanes of at least 4 members (excludes halogenated alkanes) is 2. The Labute approximate surface area is 147 Å². The number of hydrogen-bond donors (Lipinski definition) is 1. The molecule has 1 unspecified atom stereocenters. The van der Waals surface area contributed by atoms with E-state index in [2.05, 4.69) is 56.2 Å². The monoisotopic (exact) mass is 376 g/mol. The summed E-state index contributed by atoms with van der Waals surface area (Å²) in [5, 5.41) is 9.66. The van der Waals surface area contributed by atoms with Gasteiger partial charge in [0, 0.05) is 12.8 Å². The van der Waals surface area contributed by atoms with Gasteiger partial charge in [-0.2, -0.15) is 0 Å². The molecule has 0 fully saturated rings. The minimum absolute atomic E-state index is 0.229. The van der Waals surface area contributed by atoms with Crippen molar-refractivity contribution in [2.45, 2.75) is 44.6 Å². The van der Waals surface area contributed by atoms with Gasteiger partial charge < -0.3 is 9.84 Å². The molecule has 0 aliphatic rings. The van der Waals surface area contributed by atoms with Crippen molar-refractivity contribution in [2.24, 2.45) is 0 Å². The third-order valence-corrected chi connectivity index (χ3v) is 2.84. The second-order valence-corrected chi connectivity index (χ2v) is 4.96. The molecule has 0 rings (SSSR count). The molecule has 23 heavy (non-hydrogen) atoms. The van der Waals surface area contributed by atoms with Crippen molar-refractivity contribution in [1.82, 2.24) is 0 Å². The summed E-state index contributed by atoms with van der Waals surface area (Å²) in [6, 6.07) is 0. The number of esters is 1. The number of hydrogen-bond acceptors (Lipinski definition) is 3. The molecule has 0 amide bonds. The second-order valence-electron chi connectivity index (χ2n) is 4.43. The molecule has 0 heterocycles. The molecule has 122 valence electrons. The van der Waals surface area contributed by atoms with E-state index in [1.807, 2.05) is 6.08 Å². The first-order valence-electron chi connectivity index (χ1n) is 7.35. The number of ether oxygens (including phenoxy) is 1. The van der Waals surface area contributed by atoms with Crippen molar-refractivity contribution >= 4 is 21.9 Å². The number of methoxy groups -OCH3 is 1. The molecule has 0 saturated carbocycles. The Morgan fingerprint density at radius 1 is 1.26 bits per heavy atom. The molecule has 0 spiro atoms. The van der Waals surface area contributed by atoms with Crippen LogP contribution in [0.15, 0.2) is 23.2 Å². The summed E-state index contributed by atoms with van der Waals surface area (Å²) >= 11 is 3.13. The molecule has 0 radical (unpaired) electrons. The van der Waals surface area contributed by atoms with E-state index in [9.17, 15) is 9.90 Å². The predicted molar refractivity (Wildman–Crippen MR) is 96.3 cm³/mol. The van der Waals surface area contributed by atoms with Gasteiger partial charge in [-0.15, -0.1) is 0 Å². The minimum atomic E-state index is -0.657. The highest BCUT2D eigenvalue weighted by molar-refractivity contribution is 9.11. The molecule has 0 aliphatic carbocycles. The lowest BCUT2D eigenvalue weighted by atomic mass is 10.1. The maximum absolute atomic E-state index is 10.9. The lowest BCUT2D eigenvalue weighted by Gasteiger charge is -1.99. The molecular weight excluding hydrogens is 356 g/mol. The van der Waals surface area contributed by atoms with Crippen LogP contribution in [-0.2, 0) is 9.53 Å². The maximum atomic E-state index is 10.9. The van der Waals surface area contributed by atoms with Crippen LogP contribution in [0.1, 0.15) is 38.5 Å². The predicted octanol–water partition coefficient (Wildman–Crippen LogP) is 3.34. The van der Waals surface area contributed by atoms with Crippen molar-refractivity contribution < 1.29 is 14.6 Å². The number of rotatable bonds is 7. The van der Waals surface area contributed by atoms with Crippen molar-refractivity contribution in [3.63, 3.8) is 0 Å². The zero-order chi connectivity index (χ0) is 17.2. The van der Waals surface area contributed by atoms with Crippen molar-refractivity contribution in [2.75, 3.05) is 7.11 Å². The molecule has 4 heteroatoms. The quantitative estimate of drug-likeness (QED) is 0.421. The standard InChI is InChI=1S/C19H21BrO3/c1-23-19(22)16-12-8-5-7-11-15-18(21)14-10-6-3-2-4-9-13-17-20/h2-3,13,17-18,21H,6,8,10,12,14,16H2,1H3/b3-2+,17-13+. The highest BCUT2D eigenvalue weighted by atomic mass is 79.9. The highest BCUT2D eigenvalue weighted by Gasteiger charge is 1.97. The van der Waals surface area contributed by atoms with E-state index in [0.29, 0.717) is 25.7 Å². The fourth-order valence-electron chi connectivity index (χ4n) is 1.42. The number of halogens is 1. The number of carbonyl (C=O) groups excluding carboxylic acids is 1. The largest absolute Gasteiger partial charge is 0.469 e. The van der Waals surface area contributed by atoms with Crippen LogP contribution in [0.5, 0.6) is 0 Å². The van der Waals surface area contributed by atoms with Gasteiger partial charge in [0.2, 0.25) is 0 Å². The lowest BCUT2D eigenvalue weighted by Crippen LogP contribution is -2.01. The van der Waals surface area contributed by atoms with Crippen LogP contribution in [0.25, 0.3) is 0 Å². The summed E-state index contributed by atoms with van der Waals surface area (Å²) in [6.45, 7) is 0. The van der Waals surface area contributed by atoms with E-state index >= 15 is 0 Å². The van der Waals surface area contributed by atoms with Gasteiger partial charge in [0.15, 0.2) is 0 Å². The molecule has 0 saturated heterocycles. The van der Waals surface area contributed by atoms with E-state index in [0.717, 1.165) is 12.8 Å². The molecule has 1 atom stereocenters. The molecule has 0 bridgehead atoms. The van der Waals surface area contributed by atoms with Gasteiger partial charge in [-0.1, -0.05) is 45.7 Å². The number of aliphatic hydroxyl groups excluding tert-OH is 1. The minimum Gasteiger partial charge on any atom is -0.469 e. The van der Waals surface area contributed by atoms with Gasteiger partial charge in [0.25, 0.3) is 0 Å². The van der Waals surface area contributed by atoms with Crippen LogP contribution in [0.4, 0.5) is 0 Å². The van der Waals surface area contributed by atoms with Gasteiger partial charge in [-0.05, 0) is 54.7 Å². The lowest BCUT2D eigenvalue weighted by molar-refractivity contribution is -0.140. The normalized spacial score (nSPS) is 10.9. The smallest absolute Gasteiger partial charge is 0.305 e. The van der Waals surface area contributed by atoms with Crippen molar-refractivity contribution in [1.29, 1.82) is 0 Å². The molecule has 0 aromatic carbocycles. The summed E-state index contributed by atoms with van der Waals surface area (Å²) < 4.78 is 4.52. The first kappa shape index (κ1) is 21.1. The fourth-order valence-corrected chi connectivity index (χ4v) is 1.55. The average molecular weight is 377 g/mol. The molecule has 0 aromatic rings. The van der Waals surface area contributed by atoms with E-state index < -0.39 is 6.10 Å². The van der Waals surface area contributed by atoms with Gasteiger partial charge in [-0.3, -0.25) is 4.79 Å². The zero-order valence-electron chi connectivity index (χ0n) is 13.3. The van der Waals surface area contributed by atoms with Gasteiger partial charge in [0.05, 0.1) is 7.11 Å². The summed E-state index contributed by atoms with van der Waals surface area (Å²) in [4.78, 5) is 12.6. The van der Waals surface area contributed by atoms with Crippen LogP contribution in [0.3, 0.4) is 0 Å². The van der Waals surface area contributed by atoms with Gasteiger partial charge in [0.1, 0.15) is 6.10 Å². The van der Waals surface area contributed by atoms with E-state index in [4.69, 9.17) is 0 Å². The summed E-state index contributed by atoms with van der Waals surface area (Å²) in [5.74, 6) is 16.3. The first-order chi connectivity index (χ1) is 11.2. The van der Waals surface area contributed by atoms with Gasteiger partial charge in [-0.25, -0.2) is 0 Å². The zero-order valence-corrected chi connectivity index (χ0v) is 14.9. The van der Waals surface area contributed by atoms with Crippen LogP contribution in [-0.4, -0.2) is 24.3 Å². The summed E-state index contributed by atoms with van der Waals surface area (Å²) in [6.07, 6.45) is 8.73. The van der Waals surface area contributed by atoms with E-state index in [1.54, 1.807) is 17.1 Å². The summed E-state index contributed by atoms with van der Waals surface area (Å²) in [5.41, 5.74) is 0. The molecule has 3 nitrogen and oxygen atoms in total. The molecule has 1 N–H and O–H groups in total. The Kier molecular flexibility index (Phi) is 15.1. The van der Waals surface area contributed by atoms with E-state index in [1.165, 1.54) is 7.11 Å². The topological polar surface area (TPSA) is 46.5 Å². The van der Waals surface area contributed by atoms with Gasteiger partial charge >= 0.3 is 5.97 Å². The average Bonchev–Trinajstić information content (AvgIpc) is 2.56. The first-order valence-corrected chi connectivity index (χ1v) is 8.26. The number of carbonyl (C=O) groups is 1. The van der Waals surface area contributed by atoms with Crippen molar-refractivity contribution in [3.8, 4) is 35.5 Å². The molecular formula is C19H21BrO3. The SMILES string of the molecule is COC(=O)CCCC#CC#CC(O)CCC/C=C/C#C/C=C/Br. The Bertz CT molecular complexity index is 571. The second kappa shape index (κ2) is 16.4. The molecule has 0 aromatic heterocycles. The van der Waals surface area contributed by atoms with Crippen LogP contribution >= 0.6 is 15.9 Å². The Morgan fingerprint density at radius 2 is 2.04 bits per heavy atom. The number of aliphatic hydroxyl groups is 1. The van der Waals surface area contributed by atoms with Crippen molar-refractivity contribution in [3.05, 3.63) is 23.2 Å². The van der Waals surface area contributed by atoms with E-state index in [-0.39, 0.29) is 5.97 Å². The Morgan fingerprint density at radius 3 is 2.78 bits per heavy atom. The fraction of sp³-hybridized carbons (Fsp3) is 0.421. The maximum Gasteiger partial charge on any atom is 0.305 e. The molecule has 0 aliphatic heterocycles.